The van der Waals surface area contributed by atoms with Gasteiger partial charge >= 0.3 is 0 Å². The standard InChI is InChI=1S/C21H29ClN4O2/c1-14(2)15(3)24-21(28)16-6-9-26(10-7-16)11-8-20(27)25-18-5-4-17(13-23)19(22)12-18/h4-5,12,14-16H,6-11H2,1-3H3,(H,24,28)(H,25,27). The molecular formula is C21H29ClN4O2. The number of likely N-dealkylation sites (tertiary alicyclic amines) is 1. The zero-order chi connectivity index (χ0) is 20.7. The molecule has 2 N–H and O–H groups in total. The lowest BCUT2D eigenvalue weighted by Gasteiger charge is -2.32. The predicted octanol–water partition coefficient (Wildman–Crippen LogP) is 3.41. The second kappa shape index (κ2) is 10.4. The van der Waals surface area contributed by atoms with E-state index >= 15 is 0 Å². The van der Waals surface area contributed by atoms with Gasteiger partial charge in [0, 0.05) is 30.6 Å². The molecule has 2 amide bonds. The number of hydrogen-bond acceptors (Lipinski definition) is 4. The normalized spacial score (nSPS) is 16.4. The van der Waals surface area contributed by atoms with Gasteiger partial charge in [-0.3, -0.25) is 9.59 Å². The van der Waals surface area contributed by atoms with Crippen molar-refractivity contribution in [1.82, 2.24) is 10.2 Å². The average Bonchev–Trinajstić information content (AvgIpc) is 2.66. The minimum absolute atomic E-state index is 0.0621. The van der Waals surface area contributed by atoms with E-state index in [1.54, 1.807) is 18.2 Å². The molecule has 1 saturated heterocycles. The maximum absolute atomic E-state index is 12.3. The van der Waals surface area contributed by atoms with Crippen molar-refractivity contribution in [3.05, 3.63) is 28.8 Å². The summed E-state index contributed by atoms with van der Waals surface area (Å²) in [5.74, 6) is 0.545. The second-order valence-corrected chi connectivity index (χ2v) is 8.17. The highest BCUT2D eigenvalue weighted by Gasteiger charge is 2.26. The predicted molar refractivity (Wildman–Crippen MR) is 111 cm³/mol. The highest BCUT2D eigenvalue weighted by atomic mass is 35.5. The third-order valence-electron chi connectivity index (χ3n) is 5.36. The summed E-state index contributed by atoms with van der Waals surface area (Å²) in [6, 6.07) is 7.02. The molecule has 0 saturated carbocycles. The molecule has 1 aliphatic heterocycles. The van der Waals surface area contributed by atoms with E-state index in [0.29, 0.717) is 35.2 Å². The number of benzene rings is 1. The first-order valence-corrected chi connectivity index (χ1v) is 10.2. The van der Waals surface area contributed by atoms with E-state index in [1.807, 2.05) is 13.0 Å². The largest absolute Gasteiger partial charge is 0.353 e. The van der Waals surface area contributed by atoms with Crippen LogP contribution in [-0.2, 0) is 9.59 Å². The monoisotopic (exact) mass is 404 g/mol. The van der Waals surface area contributed by atoms with Crippen molar-refractivity contribution in [2.75, 3.05) is 25.0 Å². The van der Waals surface area contributed by atoms with Gasteiger partial charge in [0.1, 0.15) is 6.07 Å². The molecule has 2 rings (SSSR count). The number of rotatable bonds is 7. The van der Waals surface area contributed by atoms with Gasteiger partial charge in [0.05, 0.1) is 10.6 Å². The zero-order valence-electron chi connectivity index (χ0n) is 16.8. The van der Waals surface area contributed by atoms with Crippen molar-refractivity contribution >= 4 is 29.1 Å². The molecule has 0 aliphatic carbocycles. The number of amides is 2. The van der Waals surface area contributed by atoms with Crippen LogP contribution in [0.2, 0.25) is 5.02 Å². The number of piperidine rings is 1. The number of nitrogens with zero attached hydrogens (tertiary/aromatic N) is 2. The quantitative estimate of drug-likeness (QED) is 0.729. The first kappa shape index (κ1) is 22.2. The van der Waals surface area contributed by atoms with E-state index in [9.17, 15) is 9.59 Å². The summed E-state index contributed by atoms with van der Waals surface area (Å²) >= 11 is 5.98. The summed E-state index contributed by atoms with van der Waals surface area (Å²) in [7, 11) is 0. The van der Waals surface area contributed by atoms with E-state index in [4.69, 9.17) is 16.9 Å². The van der Waals surface area contributed by atoms with Crippen molar-refractivity contribution in [3.63, 3.8) is 0 Å². The van der Waals surface area contributed by atoms with Crippen LogP contribution in [0.1, 0.15) is 45.6 Å². The van der Waals surface area contributed by atoms with E-state index < -0.39 is 0 Å². The topological polar surface area (TPSA) is 85.2 Å². The van der Waals surface area contributed by atoms with Gasteiger partial charge in [-0.2, -0.15) is 5.26 Å². The van der Waals surface area contributed by atoms with Crippen LogP contribution in [-0.4, -0.2) is 42.4 Å². The molecule has 1 heterocycles. The Bertz CT molecular complexity index is 736. The molecule has 1 aromatic rings. The summed E-state index contributed by atoms with van der Waals surface area (Å²) in [6.07, 6.45) is 2.02. The fourth-order valence-electron chi connectivity index (χ4n) is 3.09. The molecule has 1 aromatic carbocycles. The van der Waals surface area contributed by atoms with Gasteiger partial charge in [-0.1, -0.05) is 25.4 Å². The molecule has 152 valence electrons. The van der Waals surface area contributed by atoms with Crippen LogP contribution in [0.3, 0.4) is 0 Å². The average molecular weight is 405 g/mol. The number of nitriles is 1. The van der Waals surface area contributed by atoms with Crippen molar-refractivity contribution in [3.8, 4) is 6.07 Å². The number of anilines is 1. The van der Waals surface area contributed by atoms with Crippen molar-refractivity contribution in [1.29, 1.82) is 5.26 Å². The third kappa shape index (κ3) is 6.50. The molecular weight excluding hydrogens is 376 g/mol. The van der Waals surface area contributed by atoms with Gasteiger partial charge in [0.25, 0.3) is 0 Å². The third-order valence-corrected chi connectivity index (χ3v) is 5.67. The van der Waals surface area contributed by atoms with Crippen LogP contribution in [0.25, 0.3) is 0 Å². The highest BCUT2D eigenvalue weighted by Crippen LogP contribution is 2.21. The van der Waals surface area contributed by atoms with Crippen LogP contribution in [0.5, 0.6) is 0 Å². The molecule has 1 aliphatic rings. The number of halogens is 1. The summed E-state index contributed by atoms with van der Waals surface area (Å²) < 4.78 is 0. The first-order valence-electron chi connectivity index (χ1n) is 9.82. The molecule has 1 atom stereocenters. The van der Waals surface area contributed by atoms with E-state index in [-0.39, 0.29) is 23.8 Å². The minimum atomic E-state index is -0.0913. The Hall–Kier alpha value is -2.10. The molecule has 0 radical (unpaired) electrons. The minimum Gasteiger partial charge on any atom is -0.353 e. The lowest BCUT2D eigenvalue weighted by Crippen LogP contribution is -2.44. The molecule has 1 unspecified atom stereocenters. The lowest BCUT2D eigenvalue weighted by atomic mass is 9.94. The Kier molecular flexibility index (Phi) is 8.28. The molecule has 7 heteroatoms. The number of carbonyl (C=O) groups excluding carboxylic acids is 2. The second-order valence-electron chi connectivity index (χ2n) is 7.76. The molecule has 6 nitrogen and oxygen atoms in total. The van der Waals surface area contributed by atoms with Gasteiger partial charge in [-0.05, 0) is 57.0 Å². The maximum Gasteiger partial charge on any atom is 0.225 e. The van der Waals surface area contributed by atoms with Crippen molar-refractivity contribution in [2.45, 2.75) is 46.1 Å². The number of nitrogens with one attached hydrogen (secondary N) is 2. The van der Waals surface area contributed by atoms with Gasteiger partial charge < -0.3 is 15.5 Å². The number of hydrogen-bond donors (Lipinski definition) is 2. The van der Waals surface area contributed by atoms with Crippen LogP contribution in [0, 0.1) is 23.2 Å². The van der Waals surface area contributed by atoms with Gasteiger partial charge in [-0.15, -0.1) is 0 Å². The Labute approximate surface area is 172 Å². The van der Waals surface area contributed by atoms with Crippen LogP contribution in [0.15, 0.2) is 18.2 Å². The molecule has 1 fully saturated rings. The van der Waals surface area contributed by atoms with E-state index in [1.165, 1.54) is 0 Å². The SMILES string of the molecule is CC(C)C(C)NC(=O)C1CCN(CCC(=O)Nc2ccc(C#N)c(Cl)c2)CC1. The van der Waals surface area contributed by atoms with Crippen LogP contribution < -0.4 is 10.6 Å². The fourth-order valence-corrected chi connectivity index (χ4v) is 3.32. The van der Waals surface area contributed by atoms with Gasteiger partial charge in [-0.25, -0.2) is 0 Å². The lowest BCUT2D eigenvalue weighted by molar-refractivity contribution is -0.127. The first-order chi connectivity index (χ1) is 13.3. The zero-order valence-corrected chi connectivity index (χ0v) is 17.6. The maximum atomic E-state index is 12.3. The summed E-state index contributed by atoms with van der Waals surface area (Å²) in [4.78, 5) is 26.7. The molecule has 0 spiro atoms. The molecule has 28 heavy (non-hydrogen) atoms. The Morgan fingerprint density at radius 1 is 1.29 bits per heavy atom. The Morgan fingerprint density at radius 3 is 2.54 bits per heavy atom. The van der Waals surface area contributed by atoms with Crippen molar-refractivity contribution in [2.24, 2.45) is 11.8 Å². The van der Waals surface area contributed by atoms with Gasteiger partial charge in [0.15, 0.2) is 0 Å². The summed E-state index contributed by atoms with van der Waals surface area (Å²) in [6.45, 7) is 8.55. The molecule has 0 aromatic heterocycles. The van der Waals surface area contributed by atoms with Crippen LogP contribution >= 0.6 is 11.6 Å². The highest BCUT2D eigenvalue weighted by molar-refractivity contribution is 6.32. The smallest absolute Gasteiger partial charge is 0.225 e. The Morgan fingerprint density at radius 2 is 1.96 bits per heavy atom. The van der Waals surface area contributed by atoms with Crippen LogP contribution in [0.4, 0.5) is 5.69 Å². The van der Waals surface area contributed by atoms with E-state index in [2.05, 4.69) is 29.4 Å². The van der Waals surface area contributed by atoms with E-state index in [0.717, 1.165) is 25.9 Å². The fraction of sp³-hybridized carbons (Fsp3) is 0.571. The summed E-state index contributed by atoms with van der Waals surface area (Å²) in [5.41, 5.74) is 0.970. The molecule has 0 bridgehead atoms. The number of carbonyl (C=O) groups is 2. The Balaban J connectivity index is 1.72. The van der Waals surface area contributed by atoms with Crippen molar-refractivity contribution < 1.29 is 9.59 Å². The summed E-state index contributed by atoms with van der Waals surface area (Å²) in [5, 5.41) is 15.1. The van der Waals surface area contributed by atoms with Gasteiger partial charge in [0.2, 0.25) is 11.8 Å².